The van der Waals surface area contributed by atoms with Crippen LogP contribution >= 0.6 is 11.8 Å². The van der Waals surface area contributed by atoms with Crippen LogP contribution in [0.3, 0.4) is 0 Å². The number of benzene rings is 4. The van der Waals surface area contributed by atoms with Crippen molar-refractivity contribution in [2.24, 2.45) is 4.99 Å². The zero-order chi connectivity index (χ0) is 30.9. The lowest BCUT2D eigenvalue weighted by Crippen LogP contribution is -2.51. The molecule has 0 radical (unpaired) electrons. The Hall–Kier alpha value is -4.55. The van der Waals surface area contributed by atoms with Crippen LogP contribution in [0.15, 0.2) is 106 Å². The van der Waals surface area contributed by atoms with Gasteiger partial charge in [-0.15, -0.1) is 0 Å². The Morgan fingerprint density at radius 3 is 2.44 bits per heavy atom. The van der Waals surface area contributed by atoms with Crippen molar-refractivity contribution in [3.05, 3.63) is 119 Å². The number of para-hydroxylation sites is 1. The van der Waals surface area contributed by atoms with E-state index in [4.69, 9.17) is 19.5 Å². The molecule has 45 heavy (non-hydrogen) atoms. The summed E-state index contributed by atoms with van der Waals surface area (Å²) in [5, 5.41) is 2.37. The molecule has 3 aliphatic rings. The molecule has 222 valence electrons. The zero-order valence-corrected chi connectivity index (χ0v) is 27.0. The first-order valence-corrected chi connectivity index (χ1v) is 16.3. The van der Waals surface area contributed by atoms with E-state index < -0.39 is 11.1 Å². The van der Waals surface area contributed by atoms with E-state index in [1.807, 2.05) is 12.3 Å². The van der Waals surface area contributed by atoms with Gasteiger partial charge in [0.1, 0.15) is 28.3 Å². The lowest BCUT2D eigenvalue weighted by Gasteiger charge is -2.41. The van der Waals surface area contributed by atoms with Crippen LogP contribution in [0.4, 0.5) is 0 Å². The summed E-state index contributed by atoms with van der Waals surface area (Å²) in [5.74, 6) is 2.24. The van der Waals surface area contributed by atoms with Crippen LogP contribution in [0.2, 0.25) is 0 Å². The Bertz CT molecular complexity index is 2300. The molecule has 0 bridgehead atoms. The largest absolute Gasteiger partial charge is 0.467 e. The Kier molecular flexibility index (Phi) is 5.24. The molecule has 2 aromatic heterocycles. The molecule has 6 aromatic rings. The lowest BCUT2D eigenvalue weighted by molar-refractivity contribution is -0.0136. The predicted octanol–water partition coefficient (Wildman–Crippen LogP) is 9.79. The van der Waals surface area contributed by atoms with Crippen molar-refractivity contribution in [1.82, 2.24) is 9.55 Å². The first kappa shape index (κ1) is 26.8. The van der Waals surface area contributed by atoms with Gasteiger partial charge >= 0.3 is 0 Å². The summed E-state index contributed by atoms with van der Waals surface area (Å²) in [6.07, 6.45) is 1.87. The fraction of sp³-hybridized carbons (Fsp3) is 0.231. The minimum Gasteiger partial charge on any atom is -0.467 e. The Morgan fingerprint density at radius 2 is 1.60 bits per heavy atom. The summed E-state index contributed by atoms with van der Waals surface area (Å²) in [4.78, 5) is 12.6. The third-order valence-electron chi connectivity index (χ3n) is 10.6. The number of hydrogen-bond acceptors (Lipinski definition) is 5. The van der Waals surface area contributed by atoms with Crippen LogP contribution in [-0.2, 0) is 15.7 Å². The van der Waals surface area contributed by atoms with E-state index in [0.717, 1.165) is 44.9 Å². The van der Waals surface area contributed by atoms with Gasteiger partial charge in [-0.1, -0.05) is 62.0 Å². The molecule has 2 aliphatic heterocycles. The number of aryl methyl sites for hydroxylation is 2. The number of ether oxygens (including phenoxy) is 2. The first-order chi connectivity index (χ1) is 21.6. The van der Waals surface area contributed by atoms with Gasteiger partial charge in [0.05, 0.1) is 11.2 Å². The maximum absolute atomic E-state index is 6.90. The van der Waals surface area contributed by atoms with Crippen LogP contribution < -0.4 is 4.74 Å². The molecule has 0 amide bonds. The number of nitrogens with zero attached hydrogens (tertiary/aromatic N) is 3. The topological polar surface area (TPSA) is 48.6 Å². The van der Waals surface area contributed by atoms with Gasteiger partial charge in [0.15, 0.2) is 0 Å². The second kappa shape index (κ2) is 8.79. The van der Waals surface area contributed by atoms with Gasteiger partial charge in [-0.3, -0.25) is 4.57 Å². The lowest BCUT2D eigenvalue weighted by atomic mass is 9.71. The van der Waals surface area contributed by atoms with E-state index in [0.29, 0.717) is 5.90 Å². The molecular weight excluding hydrogens is 575 g/mol. The molecule has 4 aromatic carbocycles. The molecular formula is C39H33N3O2S. The maximum Gasteiger partial charge on any atom is 0.217 e. The molecule has 0 N–H and O–H groups in total. The van der Waals surface area contributed by atoms with Crippen LogP contribution in [0.1, 0.15) is 55.5 Å². The van der Waals surface area contributed by atoms with Crippen molar-refractivity contribution < 1.29 is 9.47 Å². The highest BCUT2D eigenvalue weighted by atomic mass is 32.2. The summed E-state index contributed by atoms with van der Waals surface area (Å²) in [5.41, 5.74) is 7.65. The highest BCUT2D eigenvalue weighted by molar-refractivity contribution is 7.99. The molecule has 1 aliphatic carbocycles. The molecule has 9 rings (SSSR count). The third-order valence-corrected chi connectivity index (χ3v) is 11.7. The van der Waals surface area contributed by atoms with E-state index in [-0.39, 0.29) is 5.41 Å². The minimum absolute atomic E-state index is 0.216. The Labute approximate surface area is 266 Å². The molecule has 0 saturated heterocycles. The Balaban J connectivity index is 1.13. The summed E-state index contributed by atoms with van der Waals surface area (Å²) in [6, 6.07) is 30.0. The second-order valence-corrected chi connectivity index (χ2v) is 14.6. The monoisotopic (exact) mass is 607 g/mol. The fourth-order valence-corrected chi connectivity index (χ4v) is 9.06. The summed E-state index contributed by atoms with van der Waals surface area (Å²) in [6.45, 7) is 13.2. The van der Waals surface area contributed by atoms with Crippen molar-refractivity contribution in [2.75, 3.05) is 0 Å². The van der Waals surface area contributed by atoms with Crippen LogP contribution in [0, 0.1) is 13.8 Å². The maximum atomic E-state index is 6.90. The highest BCUT2D eigenvalue weighted by Gasteiger charge is 2.67. The van der Waals surface area contributed by atoms with Crippen molar-refractivity contribution in [1.29, 1.82) is 0 Å². The average Bonchev–Trinajstić information content (AvgIpc) is 3.55. The van der Waals surface area contributed by atoms with E-state index in [2.05, 4.69) is 125 Å². The number of hydrogen-bond donors (Lipinski definition) is 0. The van der Waals surface area contributed by atoms with E-state index in [9.17, 15) is 0 Å². The summed E-state index contributed by atoms with van der Waals surface area (Å²) in [7, 11) is 0. The molecule has 6 heteroatoms. The number of fused-ring (bicyclic) bond motifs is 8. The molecule has 2 atom stereocenters. The van der Waals surface area contributed by atoms with Gasteiger partial charge in [-0.05, 0) is 92.4 Å². The van der Waals surface area contributed by atoms with Gasteiger partial charge in [0.25, 0.3) is 0 Å². The molecule has 0 unspecified atom stereocenters. The molecule has 5 nitrogen and oxygen atoms in total. The van der Waals surface area contributed by atoms with E-state index in [1.165, 1.54) is 31.8 Å². The predicted molar refractivity (Wildman–Crippen MR) is 182 cm³/mol. The number of rotatable bonds is 3. The van der Waals surface area contributed by atoms with Crippen LogP contribution in [-0.4, -0.2) is 21.0 Å². The minimum atomic E-state index is -0.522. The Morgan fingerprint density at radius 1 is 0.800 bits per heavy atom. The highest BCUT2D eigenvalue weighted by Crippen LogP contribution is 2.61. The van der Waals surface area contributed by atoms with Crippen molar-refractivity contribution >= 4 is 39.6 Å². The van der Waals surface area contributed by atoms with Crippen molar-refractivity contribution in [3.8, 4) is 17.2 Å². The average molecular weight is 608 g/mol. The number of aliphatic imine (C=N–C) groups is 1. The summed E-state index contributed by atoms with van der Waals surface area (Å²) < 4.78 is 15.9. The van der Waals surface area contributed by atoms with Crippen LogP contribution in [0.25, 0.3) is 27.6 Å². The van der Waals surface area contributed by atoms with E-state index >= 15 is 0 Å². The quantitative estimate of drug-likeness (QED) is 0.201. The molecule has 0 saturated carbocycles. The van der Waals surface area contributed by atoms with Crippen molar-refractivity contribution in [3.63, 3.8) is 0 Å². The van der Waals surface area contributed by atoms with Crippen LogP contribution in [0.5, 0.6) is 11.5 Å². The molecule has 0 fully saturated rings. The first-order valence-electron chi connectivity index (χ1n) is 15.5. The fourth-order valence-electron chi connectivity index (χ4n) is 7.88. The molecule has 0 spiro atoms. The second-order valence-electron chi connectivity index (χ2n) is 13.5. The number of aromatic nitrogens is 2. The molecule has 4 heterocycles. The smallest absolute Gasteiger partial charge is 0.217 e. The summed E-state index contributed by atoms with van der Waals surface area (Å²) >= 11 is 1.81. The number of pyridine rings is 1. The van der Waals surface area contributed by atoms with Gasteiger partial charge < -0.3 is 9.47 Å². The van der Waals surface area contributed by atoms with Crippen molar-refractivity contribution in [2.45, 2.75) is 67.9 Å². The standard InChI is InChI=1S/C39H33N3O2S/c1-22-17-24(36-41-38(5)29-14-8-7-13-28(29)37(3,4)39(38,6)44-36)20-25(18-22)43-31-21-30-33(19-23(31)2)45-32-15-9-11-26-27-12-10-16-40-35(27)42(30)34(26)32/h7-21H,1-6H3/t38-,39+/m1/s1. The van der Waals surface area contributed by atoms with Gasteiger partial charge in [-0.25, -0.2) is 9.98 Å². The normalized spacial score (nSPS) is 22.1. The SMILES string of the molecule is Cc1cc(Oc2cc3c(cc2C)Sc2cccc4c5cccnc5n-3c24)cc(C2=N[C@]3(C)c4ccccc4C(C)(C)[C@]3(C)O2)c1. The van der Waals surface area contributed by atoms with Gasteiger partial charge in [-0.2, -0.15) is 0 Å². The zero-order valence-electron chi connectivity index (χ0n) is 26.2. The third kappa shape index (κ3) is 3.41. The van der Waals surface area contributed by atoms with E-state index in [1.54, 1.807) is 11.8 Å². The van der Waals surface area contributed by atoms with Gasteiger partial charge in [0, 0.05) is 43.8 Å². The van der Waals surface area contributed by atoms with Gasteiger partial charge in [0.2, 0.25) is 5.90 Å².